The van der Waals surface area contributed by atoms with Crippen LogP contribution in [0.15, 0.2) is 60.7 Å². The fourth-order valence-electron chi connectivity index (χ4n) is 1.88. The number of aliphatic hydroxyl groups excluding tert-OH is 1. The average molecular weight is 312 g/mol. The van der Waals surface area contributed by atoms with Gasteiger partial charge in [0, 0.05) is 0 Å². The van der Waals surface area contributed by atoms with Crippen molar-refractivity contribution in [2.24, 2.45) is 0 Å². The van der Waals surface area contributed by atoms with E-state index >= 15 is 0 Å². The molecule has 0 aromatic heterocycles. The standard InChI is InChI=1S/C19H20O4/c1-19(22,14-20)18(21)11-10-15-8-5-9-17(12-15)23-13-16-6-3-2-4-7-16/h2-12,20,22H,13-14H2,1H3/b11-10+/t19-/m0/s1. The summed E-state index contributed by atoms with van der Waals surface area (Å²) in [6.45, 7) is 1.13. The Kier molecular flexibility index (Phi) is 5.68. The number of aliphatic hydroxyl groups is 2. The van der Waals surface area contributed by atoms with Gasteiger partial charge in [0.2, 0.25) is 0 Å². The van der Waals surface area contributed by atoms with Crippen molar-refractivity contribution in [1.82, 2.24) is 0 Å². The fourth-order valence-corrected chi connectivity index (χ4v) is 1.88. The van der Waals surface area contributed by atoms with Crippen LogP contribution in [-0.2, 0) is 11.4 Å². The monoisotopic (exact) mass is 312 g/mol. The van der Waals surface area contributed by atoms with Gasteiger partial charge in [-0.05, 0) is 36.3 Å². The zero-order valence-corrected chi connectivity index (χ0v) is 13.0. The number of hydrogen-bond acceptors (Lipinski definition) is 4. The van der Waals surface area contributed by atoms with Crippen molar-refractivity contribution in [3.05, 3.63) is 71.8 Å². The SMILES string of the molecule is C[C@](O)(CO)C(=O)/C=C/c1cccc(OCc2ccccc2)c1. The van der Waals surface area contributed by atoms with Crippen molar-refractivity contribution >= 4 is 11.9 Å². The molecule has 0 saturated heterocycles. The van der Waals surface area contributed by atoms with Gasteiger partial charge in [0.05, 0.1) is 6.61 Å². The van der Waals surface area contributed by atoms with E-state index in [0.717, 1.165) is 11.1 Å². The number of carbonyl (C=O) groups excluding carboxylic acids is 1. The van der Waals surface area contributed by atoms with E-state index in [1.807, 2.05) is 48.5 Å². The normalized spacial score (nSPS) is 13.7. The first kappa shape index (κ1) is 16.9. The van der Waals surface area contributed by atoms with E-state index in [4.69, 9.17) is 9.84 Å². The highest BCUT2D eigenvalue weighted by molar-refractivity contribution is 5.99. The number of hydrogen-bond donors (Lipinski definition) is 2. The lowest BCUT2D eigenvalue weighted by Gasteiger charge is -2.15. The van der Waals surface area contributed by atoms with Crippen LogP contribution < -0.4 is 4.74 Å². The van der Waals surface area contributed by atoms with E-state index in [0.29, 0.717) is 12.4 Å². The maximum Gasteiger partial charge on any atom is 0.189 e. The van der Waals surface area contributed by atoms with Crippen LogP contribution in [0.4, 0.5) is 0 Å². The van der Waals surface area contributed by atoms with Gasteiger partial charge in [0.25, 0.3) is 0 Å². The molecular weight excluding hydrogens is 292 g/mol. The van der Waals surface area contributed by atoms with Crippen LogP contribution in [0.1, 0.15) is 18.1 Å². The summed E-state index contributed by atoms with van der Waals surface area (Å²) in [5.41, 5.74) is 0.0954. The number of rotatable bonds is 7. The highest BCUT2D eigenvalue weighted by atomic mass is 16.5. The van der Waals surface area contributed by atoms with E-state index in [9.17, 15) is 9.90 Å². The molecule has 0 heterocycles. The molecule has 0 saturated carbocycles. The fraction of sp³-hybridized carbons (Fsp3) is 0.211. The molecule has 23 heavy (non-hydrogen) atoms. The average Bonchev–Trinajstić information content (AvgIpc) is 2.59. The molecule has 1 atom stereocenters. The van der Waals surface area contributed by atoms with Crippen molar-refractivity contribution in [2.75, 3.05) is 6.61 Å². The summed E-state index contributed by atoms with van der Waals surface area (Å²) in [7, 11) is 0. The Morgan fingerprint density at radius 3 is 2.61 bits per heavy atom. The van der Waals surface area contributed by atoms with Crippen LogP contribution in [0.5, 0.6) is 5.75 Å². The number of benzene rings is 2. The minimum Gasteiger partial charge on any atom is -0.489 e. The third-order valence-electron chi connectivity index (χ3n) is 3.37. The van der Waals surface area contributed by atoms with Gasteiger partial charge in [-0.1, -0.05) is 48.5 Å². The largest absolute Gasteiger partial charge is 0.489 e. The summed E-state index contributed by atoms with van der Waals surface area (Å²) >= 11 is 0. The van der Waals surface area contributed by atoms with Crippen molar-refractivity contribution in [2.45, 2.75) is 19.1 Å². The van der Waals surface area contributed by atoms with Gasteiger partial charge < -0.3 is 14.9 Å². The molecule has 0 bridgehead atoms. The van der Waals surface area contributed by atoms with Gasteiger partial charge in [-0.15, -0.1) is 0 Å². The van der Waals surface area contributed by atoms with Crippen LogP contribution in [0.25, 0.3) is 6.08 Å². The Balaban J connectivity index is 2.01. The van der Waals surface area contributed by atoms with Crippen LogP contribution in [0.3, 0.4) is 0 Å². The van der Waals surface area contributed by atoms with Gasteiger partial charge in [-0.25, -0.2) is 0 Å². The summed E-state index contributed by atoms with van der Waals surface area (Å²) < 4.78 is 5.72. The van der Waals surface area contributed by atoms with E-state index in [1.165, 1.54) is 13.0 Å². The minimum absolute atomic E-state index is 0.464. The molecule has 0 aliphatic carbocycles. The van der Waals surface area contributed by atoms with Gasteiger partial charge in [-0.3, -0.25) is 4.79 Å². The summed E-state index contributed by atoms with van der Waals surface area (Å²) in [6.07, 6.45) is 2.84. The Bertz CT molecular complexity index is 675. The second-order valence-corrected chi connectivity index (χ2v) is 5.48. The maximum absolute atomic E-state index is 11.7. The first-order valence-electron chi connectivity index (χ1n) is 7.34. The molecule has 4 nitrogen and oxygen atoms in total. The minimum atomic E-state index is -1.75. The van der Waals surface area contributed by atoms with E-state index in [1.54, 1.807) is 12.1 Å². The lowest BCUT2D eigenvalue weighted by atomic mass is 10.0. The molecule has 2 N–H and O–H groups in total. The quantitative estimate of drug-likeness (QED) is 0.771. The molecule has 0 unspecified atom stereocenters. The van der Waals surface area contributed by atoms with Crippen molar-refractivity contribution in [1.29, 1.82) is 0 Å². The van der Waals surface area contributed by atoms with Crippen LogP contribution in [-0.4, -0.2) is 28.2 Å². The first-order chi connectivity index (χ1) is 11.0. The Morgan fingerprint density at radius 1 is 1.17 bits per heavy atom. The lowest BCUT2D eigenvalue weighted by molar-refractivity contribution is -0.133. The summed E-state index contributed by atoms with van der Waals surface area (Å²) in [5.74, 6) is 0.146. The number of ether oxygens (including phenoxy) is 1. The predicted molar refractivity (Wildman–Crippen MR) is 89.0 cm³/mol. The van der Waals surface area contributed by atoms with E-state index < -0.39 is 18.0 Å². The summed E-state index contributed by atoms with van der Waals surface area (Å²) in [4.78, 5) is 11.7. The van der Waals surface area contributed by atoms with Crippen LogP contribution in [0, 0.1) is 0 Å². The molecule has 2 aromatic carbocycles. The molecule has 2 rings (SSSR count). The smallest absolute Gasteiger partial charge is 0.189 e. The molecule has 0 amide bonds. The topological polar surface area (TPSA) is 66.8 Å². The maximum atomic E-state index is 11.7. The third kappa shape index (κ3) is 5.06. The highest BCUT2D eigenvalue weighted by Gasteiger charge is 2.26. The van der Waals surface area contributed by atoms with Crippen molar-refractivity contribution in [3.8, 4) is 5.75 Å². The molecule has 0 aliphatic heterocycles. The predicted octanol–water partition coefficient (Wildman–Crippen LogP) is 2.59. The molecule has 2 aromatic rings. The zero-order chi connectivity index (χ0) is 16.7. The molecule has 0 spiro atoms. The molecule has 0 radical (unpaired) electrons. The Hall–Kier alpha value is -2.43. The zero-order valence-electron chi connectivity index (χ0n) is 13.0. The van der Waals surface area contributed by atoms with Gasteiger partial charge >= 0.3 is 0 Å². The molecule has 4 heteroatoms. The van der Waals surface area contributed by atoms with Gasteiger partial charge in [0.15, 0.2) is 5.78 Å². The van der Waals surface area contributed by atoms with E-state index in [-0.39, 0.29) is 0 Å². The van der Waals surface area contributed by atoms with Gasteiger partial charge in [0.1, 0.15) is 18.0 Å². The summed E-state index contributed by atoms with van der Waals surface area (Å²) in [6, 6.07) is 17.1. The van der Waals surface area contributed by atoms with Crippen molar-refractivity contribution < 1.29 is 19.7 Å². The lowest BCUT2D eigenvalue weighted by Crippen LogP contribution is -2.37. The molecular formula is C19H20O4. The second kappa shape index (κ2) is 7.72. The van der Waals surface area contributed by atoms with Crippen molar-refractivity contribution in [3.63, 3.8) is 0 Å². The van der Waals surface area contributed by atoms with Crippen LogP contribution in [0.2, 0.25) is 0 Å². The Morgan fingerprint density at radius 2 is 1.91 bits per heavy atom. The van der Waals surface area contributed by atoms with Crippen LogP contribution >= 0.6 is 0 Å². The first-order valence-corrected chi connectivity index (χ1v) is 7.34. The van der Waals surface area contributed by atoms with Gasteiger partial charge in [-0.2, -0.15) is 0 Å². The second-order valence-electron chi connectivity index (χ2n) is 5.48. The summed E-state index contributed by atoms with van der Waals surface area (Å²) in [5, 5.41) is 18.6. The molecule has 0 fully saturated rings. The third-order valence-corrected chi connectivity index (χ3v) is 3.37. The molecule has 120 valence electrons. The highest BCUT2D eigenvalue weighted by Crippen LogP contribution is 2.17. The Labute approximate surface area is 135 Å². The number of ketones is 1. The molecule has 0 aliphatic rings. The van der Waals surface area contributed by atoms with E-state index in [2.05, 4.69) is 0 Å². The number of carbonyl (C=O) groups is 1.